The number of rotatable bonds is 1. The molecule has 6 rings (SSSR count). The van der Waals surface area contributed by atoms with Gasteiger partial charge in [-0.2, -0.15) is 0 Å². The zero-order chi connectivity index (χ0) is 18.0. The second-order valence-corrected chi connectivity index (χ2v) is 7.01. The molecule has 4 heteroatoms. The first-order chi connectivity index (χ1) is 13.3. The van der Waals surface area contributed by atoms with Crippen LogP contribution in [0, 0.1) is 0 Å². The van der Waals surface area contributed by atoms with Gasteiger partial charge in [-0.25, -0.2) is 4.98 Å². The summed E-state index contributed by atoms with van der Waals surface area (Å²) in [6.45, 7) is 0. The second-order valence-electron chi connectivity index (χ2n) is 6.58. The van der Waals surface area contributed by atoms with Gasteiger partial charge in [0.2, 0.25) is 5.89 Å². The highest BCUT2D eigenvalue weighted by atomic mass is 35.5. The number of fused-ring (bicyclic) bond motifs is 6. The third kappa shape index (κ3) is 2.12. The molecule has 0 aliphatic rings. The Morgan fingerprint density at radius 1 is 0.741 bits per heavy atom. The largest absolute Gasteiger partial charge is 0.456 e. The molecule has 0 unspecified atom stereocenters. The van der Waals surface area contributed by atoms with Gasteiger partial charge in [-0.15, -0.1) is 0 Å². The standard InChI is InChI=1S/C23H12ClNO2/c24-14-9-10-16-20(12-14)26-19-7-3-6-17(21(16)19)23-25-18-11-8-13-4-1-2-5-15(13)22(18)27-23/h1-12H. The molecule has 0 radical (unpaired) electrons. The molecule has 0 atom stereocenters. The summed E-state index contributed by atoms with van der Waals surface area (Å²) in [7, 11) is 0. The van der Waals surface area contributed by atoms with Gasteiger partial charge in [0.1, 0.15) is 16.7 Å². The van der Waals surface area contributed by atoms with E-state index >= 15 is 0 Å². The fraction of sp³-hybridized carbons (Fsp3) is 0. The third-order valence-electron chi connectivity index (χ3n) is 4.97. The van der Waals surface area contributed by atoms with Crippen LogP contribution >= 0.6 is 11.6 Å². The average molecular weight is 370 g/mol. The Labute approximate surface area is 158 Å². The van der Waals surface area contributed by atoms with Crippen LogP contribution in [0.5, 0.6) is 0 Å². The summed E-state index contributed by atoms with van der Waals surface area (Å²) >= 11 is 6.12. The van der Waals surface area contributed by atoms with Crippen LogP contribution in [0.4, 0.5) is 0 Å². The Hall–Kier alpha value is -3.30. The van der Waals surface area contributed by atoms with Gasteiger partial charge in [0, 0.05) is 32.8 Å². The number of halogens is 1. The third-order valence-corrected chi connectivity index (χ3v) is 5.20. The van der Waals surface area contributed by atoms with Crippen molar-refractivity contribution in [2.45, 2.75) is 0 Å². The molecule has 0 bridgehead atoms. The monoisotopic (exact) mass is 369 g/mol. The van der Waals surface area contributed by atoms with Gasteiger partial charge in [-0.3, -0.25) is 0 Å². The predicted octanol–water partition coefficient (Wildman–Crippen LogP) is 7.20. The van der Waals surface area contributed by atoms with Crippen LogP contribution in [-0.4, -0.2) is 4.98 Å². The van der Waals surface area contributed by atoms with Crippen molar-refractivity contribution in [3.63, 3.8) is 0 Å². The van der Waals surface area contributed by atoms with E-state index < -0.39 is 0 Å². The number of benzene rings is 4. The molecule has 4 aromatic carbocycles. The lowest BCUT2D eigenvalue weighted by atomic mass is 10.1. The molecule has 0 amide bonds. The quantitative estimate of drug-likeness (QED) is 0.307. The van der Waals surface area contributed by atoms with E-state index in [1.54, 1.807) is 0 Å². The zero-order valence-electron chi connectivity index (χ0n) is 14.1. The Kier molecular flexibility index (Phi) is 2.94. The fourth-order valence-electron chi connectivity index (χ4n) is 3.75. The van der Waals surface area contributed by atoms with Gasteiger partial charge in [0.15, 0.2) is 5.58 Å². The fourth-order valence-corrected chi connectivity index (χ4v) is 3.91. The molecule has 0 aliphatic carbocycles. The molecular formula is C23H12ClNO2. The van der Waals surface area contributed by atoms with E-state index in [4.69, 9.17) is 25.4 Å². The highest BCUT2D eigenvalue weighted by molar-refractivity contribution is 6.31. The van der Waals surface area contributed by atoms with Crippen LogP contribution in [0.2, 0.25) is 5.02 Å². The minimum atomic E-state index is 0.588. The van der Waals surface area contributed by atoms with E-state index in [0.717, 1.165) is 49.4 Å². The average Bonchev–Trinajstić information content (AvgIpc) is 3.28. The molecule has 27 heavy (non-hydrogen) atoms. The number of furan rings is 1. The van der Waals surface area contributed by atoms with Crippen LogP contribution in [-0.2, 0) is 0 Å². The van der Waals surface area contributed by atoms with Crippen molar-refractivity contribution >= 4 is 55.4 Å². The molecule has 2 heterocycles. The van der Waals surface area contributed by atoms with Crippen molar-refractivity contribution in [2.75, 3.05) is 0 Å². The number of nitrogens with zero attached hydrogens (tertiary/aromatic N) is 1. The van der Waals surface area contributed by atoms with Crippen molar-refractivity contribution in [1.82, 2.24) is 4.98 Å². The Morgan fingerprint density at radius 3 is 2.63 bits per heavy atom. The minimum absolute atomic E-state index is 0.588. The van der Waals surface area contributed by atoms with E-state index in [1.165, 1.54) is 0 Å². The van der Waals surface area contributed by atoms with Crippen molar-refractivity contribution in [2.24, 2.45) is 0 Å². The number of hydrogen-bond donors (Lipinski definition) is 0. The SMILES string of the molecule is Clc1ccc2c(c1)oc1cccc(-c3nc4ccc5ccccc5c4o3)c12. The van der Waals surface area contributed by atoms with Crippen LogP contribution in [0.15, 0.2) is 81.6 Å². The van der Waals surface area contributed by atoms with Crippen LogP contribution in [0.25, 0.3) is 55.3 Å². The van der Waals surface area contributed by atoms with Crippen molar-refractivity contribution in [3.05, 3.63) is 77.8 Å². The lowest BCUT2D eigenvalue weighted by molar-refractivity contribution is 0.623. The first-order valence-electron chi connectivity index (χ1n) is 8.67. The van der Waals surface area contributed by atoms with Crippen LogP contribution < -0.4 is 0 Å². The maximum atomic E-state index is 6.24. The van der Waals surface area contributed by atoms with Gasteiger partial charge in [0.25, 0.3) is 0 Å². The zero-order valence-corrected chi connectivity index (χ0v) is 14.8. The Bertz CT molecular complexity index is 1490. The van der Waals surface area contributed by atoms with Gasteiger partial charge in [0.05, 0.1) is 0 Å². The van der Waals surface area contributed by atoms with E-state index in [9.17, 15) is 0 Å². The molecule has 3 nitrogen and oxygen atoms in total. The summed E-state index contributed by atoms with van der Waals surface area (Å²) in [5.74, 6) is 0.588. The first kappa shape index (κ1) is 14.8. The summed E-state index contributed by atoms with van der Waals surface area (Å²) in [6, 6.07) is 23.8. The van der Waals surface area contributed by atoms with Gasteiger partial charge in [-0.1, -0.05) is 48.0 Å². The summed E-state index contributed by atoms with van der Waals surface area (Å²) < 4.78 is 12.2. The lowest BCUT2D eigenvalue weighted by Crippen LogP contribution is -1.79. The van der Waals surface area contributed by atoms with E-state index in [1.807, 2.05) is 54.6 Å². The molecule has 0 N–H and O–H groups in total. The molecule has 0 fully saturated rings. The minimum Gasteiger partial charge on any atom is -0.456 e. The maximum absolute atomic E-state index is 6.24. The molecule has 0 aliphatic heterocycles. The highest BCUT2D eigenvalue weighted by Gasteiger charge is 2.17. The normalized spacial score (nSPS) is 11.9. The van der Waals surface area contributed by atoms with Crippen LogP contribution in [0.1, 0.15) is 0 Å². The summed E-state index contributed by atoms with van der Waals surface area (Å²) in [6.07, 6.45) is 0. The molecule has 0 saturated heterocycles. The molecule has 2 aromatic heterocycles. The molecule has 128 valence electrons. The Balaban J connectivity index is 1.70. The van der Waals surface area contributed by atoms with Crippen LogP contribution in [0.3, 0.4) is 0 Å². The predicted molar refractivity (Wildman–Crippen MR) is 109 cm³/mol. The molecule has 6 aromatic rings. The molecular weight excluding hydrogens is 358 g/mol. The Morgan fingerprint density at radius 2 is 1.67 bits per heavy atom. The summed E-state index contributed by atoms with van der Waals surface area (Å²) in [5, 5.41) is 4.83. The second kappa shape index (κ2) is 5.35. The smallest absolute Gasteiger partial charge is 0.228 e. The van der Waals surface area contributed by atoms with Crippen molar-refractivity contribution in [3.8, 4) is 11.5 Å². The number of hydrogen-bond acceptors (Lipinski definition) is 3. The summed E-state index contributed by atoms with van der Waals surface area (Å²) in [5.41, 5.74) is 4.10. The first-order valence-corrected chi connectivity index (χ1v) is 9.05. The van der Waals surface area contributed by atoms with Gasteiger partial charge < -0.3 is 8.83 Å². The van der Waals surface area contributed by atoms with E-state index in [0.29, 0.717) is 10.9 Å². The highest BCUT2D eigenvalue weighted by Crippen LogP contribution is 2.38. The van der Waals surface area contributed by atoms with E-state index in [-0.39, 0.29) is 0 Å². The lowest BCUT2D eigenvalue weighted by Gasteiger charge is -1.98. The molecule has 0 spiro atoms. The van der Waals surface area contributed by atoms with Crippen molar-refractivity contribution in [1.29, 1.82) is 0 Å². The summed E-state index contributed by atoms with van der Waals surface area (Å²) in [4.78, 5) is 4.75. The van der Waals surface area contributed by atoms with Gasteiger partial charge >= 0.3 is 0 Å². The van der Waals surface area contributed by atoms with Crippen molar-refractivity contribution < 1.29 is 8.83 Å². The van der Waals surface area contributed by atoms with E-state index in [2.05, 4.69) is 18.2 Å². The number of aromatic nitrogens is 1. The van der Waals surface area contributed by atoms with Gasteiger partial charge in [-0.05, 0) is 35.7 Å². The maximum Gasteiger partial charge on any atom is 0.228 e. The molecule has 0 saturated carbocycles. The topological polar surface area (TPSA) is 39.2 Å². The number of oxazole rings is 1.